The molecule has 0 aliphatic heterocycles. The van der Waals surface area contributed by atoms with E-state index in [4.69, 9.17) is 0 Å². The van der Waals surface area contributed by atoms with Crippen molar-refractivity contribution >= 4 is 0 Å². The van der Waals surface area contributed by atoms with Crippen molar-refractivity contribution in [2.75, 3.05) is 7.05 Å². The summed E-state index contributed by atoms with van der Waals surface area (Å²) >= 11 is 0. The average Bonchev–Trinajstić information content (AvgIpc) is 2.47. The summed E-state index contributed by atoms with van der Waals surface area (Å²) in [5, 5.41) is 7.82. The largest absolute Gasteiger partial charge is 0.316 e. The van der Waals surface area contributed by atoms with E-state index in [2.05, 4.69) is 42.8 Å². The van der Waals surface area contributed by atoms with Gasteiger partial charge in [0.2, 0.25) is 0 Å². The molecule has 1 atom stereocenters. The zero-order valence-electron chi connectivity index (χ0n) is 10.6. The van der Waals surface area contributed by atoms with Crippen molar-refractivity contribution in [1.29, 1.82) is 0 Å². The minimum Gasteiger partial charge on any atom is -0.316 e. The summed E-state index contributed by atoms with van der Waals surface area (Å²) in [6.07, 6.45) is 2.40. The number of nitrogens with one attached hydrogen (secondary N) is 1. The molecular weight excluding hydrogens is 186 g/mol. The quantitative estimate of drug-likeness (QED) is 0.807. The maximum absolute atomic E-state index is 4.62. The van der Waals surface area contributed by atoms with Gasteiger partial charge in [0, 0.05) is 23.8 Å². The van der Waals surface area contributed by atoms with E-state index in [1.807, 2.05) is 7.05 Å². The van der Waals surface area contributed by atoms with Crippen LogP contribution in [-0.4, -0.2) is 16.8 Å². The van der Waals surface area contributed by atoms with Gasteiger partial charge in [0.25, 0.3) is 0 Å². The van der Waals surface area contributed by atoms with Gasteiger partial charge in [-0.2, -0.15) is 5.10 Å². The van der Waals surface area contributed by atoms with Gasteiger partial charge in [-0.05, 0) is 34.2 Å². The van der Waals surface area contributed by atoms with Gasteiger partial charge in [-0.15, -0.1) is 0 Å². The van der Waals surface area contributed by atoms with E-state index in [9.17, 15) is 0 Å². The van der Waals surface area contributed by atoms with Crippen LogP contribution in [0.2, 0.25) is 0 Å². The summed E-state index contributed by atoms with van der Waals surface area (Å²) in [5.74, 6) is 0. The first-order valence-corrected chi connectivity index (χ1v) is 5.81. The Balaban J connectivity index is 2.95. The molecule has 3 nitrogen and oxygen atoms in total. The van der Waals surface area contributed by atoms with E-state index < -0.39 is 0 Å². The second-order valence-corrected chi connectivity index (χ2v) is 4.26. The van der Waals surface area contributed by atoms with E-state index >= 15 is 0 Å². The highest BCUT2D eigenvalue weighted by Crippen LogP contribution is 2.19. The van der Waals surface area contributed by atoms with E-state index in [0.29, 0.717) is 6.04 Å². The molecule has 0 amide bonds. The highest BCUT2D eigenvalue weighted by Gasteiger charge is 2.14. The monoisotopic (exact) mass is 209 g/mol. The lowest BCUT2D eigenvalue weighted by molar-refractivity contribution is 0.443. The van der Waals surface area contributed by atoms with Crippen molar-refractivity contribution in [2.45, 2.75) is 53.1 Å². The molecule has 1 heterocycles. The smallest absolute Gasteiger partial charge is 0.0641 e. The SMILES string of the molecule is CCCC(C)n1nc(C)c(CNC)c1C. The third kappa shape index (κ3) is 2.59. The van der Waals surface area contributed by atoms with Crippen molar-refractivity contribution in [3.8, 4) is 0 Å². The lowest BCUT2D eigenvalue weighted by Gasteiger charge is -2.13. The predicted octanol–water partition coefficient (Wildman–Crippen LogP) is 2.58. The molecule has 1 rings (SSSR count). The molecule has 1 aromatic rings. The van der Waals surface area contributed by atoms with Crippen LogP contribution in [0.15, 0.2) is 0 Å². The first-order chi connectivity index (χ1) is 7.11. The van der Waals surface area contributed by atoms with E-state index in [1.54, 1.807) is 0 Å². The fourth-order valence-electron chi connectivity index (χ4n) is 2.10. The van der Waals surface area contributed by atoms with Crippen LogP contribution in [0.3, 0.4) is 0 Å². The van der Waals surface area contributed by atoms with Crippen molar-refractivity contribution in [3.05, 3.63) is 17.0 Å². The zero-order chi connectivity index (χ0) is 11.4. The number of hydrogen-bond acceptors (Lipinski definition) is 2. The maximum atomic E-state index is 4.62. The Morgan fingerprint density at radius 2 is 2.07 bits per heavy atom. The highest BCUT2D eigenvalue weighted by molar-refractivity contribution is 5.24. The van der Waals surface area contributed by atoms with Crippen LogP contribution in [0.25, 0.3) is 0 Å². The Bertz CT molecular complexity index is 315. The Kier molecular flexibility index (Phi) is 4.33. The lowest BCUT2D eigenvalue weighted by atomic mass is 10.1. The van der Waals surface area contributed by atoms with Crippen molar-refractivity contribution in [1.82, 2.24) is 15.1 Å². The number of rotatable bonds is 5. The predicted molar refractivity (Wildman–Crippen MR) is 64.1 cm³/mol. The molecule has 0 bridgehead atoms. The van der Waals surface area contributed by atoms with Crippen LogP contribution in [0.1, 0.15) is 49.7 Å². The highest BCUT2D eigenvalue weighted by atomic mass is 15.3. The molecule has 0 aliphatic rings. The van der Waals surface area contributed by atoms with Crippen molar-refractivity contribution in [2.24, 2.45) is 0 Å². The van der Waals surface area contributed by atoms with Gasteiger partial charge in [0.05, 0.1) is 5.69 Å². The van der Waals surface area contributed by atoms with Gasteiger partial charge in [-0.3, -0.25) is 4.68 Å². The molecular formula is C12H23N3. The molecule has 86 valence electrons. The molecule has 0 aromatic carbocycles. The Morgan fingerprint density at radius 1 is 1.40 bits per heavy atom. The van der Waals surface area contributed by atoms with E-state index in [0.717, 1.165) is 12.2 Å². The van der Waals surface area contributed by atoms with Crippen molar-refractivity contribution < 1.29 is 0 Å². The van der Waals surface area contributed by atoms with E-state index in [1.165, 1.54) is 24.1 Å². The first-order valence-electron chi connectivity index (χ1n) is 5.81. The normalized spacial score (nSPS) is 13.1. The summed E-state index contributed by atoms with van der Waals surface area (Å²) in [5.41, 5.74) is 3.81. The van der Waals surface area contributed by atoms with Gasteiger partial charge in [-0.1, -0.05) is 13.3 Å². The number of aromatic nitrogens is 2. The fourth-order valence-corrected chi connectivity index (χ4v) is 2.10. The molecule has 0 fully saturated rings. The molecule has 0 saturated heterocycles. The van der Waals surface area contributed by atoms with Gasteiger partial charge in [0.15, 0.2) is 0 Å². The second kappa shape index (κ2) is 5.31. The maximum Gasteiger partial charge on any atom is 0.0641 e. The summed E-state index contributed by atoms with van der Waals surface area (Å²) in [6, 6.07) is 0.513. The van der Waals surface area contributed by atoms with Crippen molar-refractivity contribution in [3.63, 3.8) is 0 Å². The Morgan fingerprint density at radius 3 is 2.60 bits per heavy atom. The van der Waals surface area contributed by atoms with Gasteiger partial charge < -0.3 is 5.32 Å². The molecule has 0 saturated carbocycles. The van der Waals surface area contributed by atoms with E-state index in [-0.39, 0.29) is 0 Å². The number of nitrogens with zero attached hydrogens (tertiary/aromatic N) is 2. The molecule has 1 N–H and O–H groups in total. The first kappa shape index (κ1) is 12.2. The number of aryl methyl sites for hydroxylation is 1. The number of hydrogen-bond donors (Lipinski definition) is 1. The van der Waals surface area contributed by atoms with Crippen LogP contribution in [-0.2, 0) is 6.54 Å². The third-order valence-corrected chi connectivity index (χ3v) is 2.95. The average molecular weight is 209 g/mol. The molecule has 0 radical (unpaired) electrons. The molecule has 0 aliphatic carbocycles. The summed E-state index contributed by atoms with van der Waals surface area (Å²) in [6.45, 7) is 9.63. The molecule has 3 heteroatoms. The Hall–Kier alpha value is -0.830. The van der Waals surface area contributed by atoms with Crippen LogP contribution in [0.5, 0.6) is 0 Å². The molecule has 0 spiro atoms. The standard InChI is InChI=1S/C12H23N3/c1-6-7-9(2)15-11(4)12(8-13-5)10(3)14-15/h9,13H,6-8H2,1-5H3. The van der Waals surface area contributed by atoms with Gasteiger partial charge in [-0.25, -0.2) is 0 Å². The topological polar surface area (TPSA) is 29.9 Å². The summed E-state index contributed by atoms with van der Waals surface area (Å²) < 4.78 is 2.17. The van der Waals surface area contributed by atoms with Crippen LogP contribution >= 0.6 is 0 Å². The molecule has 1 unspecified atom stereocenters. The lowest BCUT2D eigenvalue weighted by Crippen LogP contribution is -2.10. The third-order valence-electron chi connectivity index (χ3n) is 2.95. The van der Waals surface area contributed by atoms with Crippen LogP contribution in [0.4, 0.5) is 0 Å². The summed E-state index contributed by atoms with van der Waals surface area (Å²) in [7, 11) is 1.98. The second-order valence-electron chi connectivity index (χ2n) is 4.26. The zero-order valence-corrected chi connectivity index (χ0v) is 10.6. The Labute approximate surface area is 92.9 Å². The van der Waals surface area contributed by atoms with Gasteiger partial charge >= 0.3 is 0 Å². The fraction of sp³-hybridized carbons (Fsp3) is 0.750. The molecule has 15 heavy (non-hydrogen) atoms. The van der Waals surface area contributed by atoms with Crippen LogP contribution < -0.4 is 5.32 Å². The van der Waals surface area contributed by atoms with Crippen LogP contribution in [0, 0.1) is 13.8 Å². The summed E-state index contributed by atoms with van der Waals surface area (Å²) in [4.78, 5) is 0. The minimum atomic E-state index is 0.513. The minimum absolute atomic E-state index is 0.513. The molecule has 1 aromatic heterocycles. The van der Waals surface area contributed by atoms with Gasteiger partial charge in [0.1, 0.15) is 0 Å².